The van der Waals surface area contributed by atoms with Gasteiger partial charge in [-0.25, -0.2) is 0 Å². The van der Waals surface area contributed by atoms with Crippen LogP contribution in [0.3, 0.4) is 0 Å². The molecule has 5 heterocycles. The molecule has 5 aliphatic heterocycles. The highest BCUT2D eigenvalue weighted by atomic mass is 35.5. The molecule has 4 fully saturated rings. The number of fused-ring (bicyclic) bond motifs is 3. The number of carbonyl (C=O) groups is 4. The molecule has 4 amide bonds. The van der Waals surface area contributed by atoms with E-state index >= 15 is 0 Å². The molecule has 0 spiro atoms. The van der Waals surface area contributed by atoms with Crippen LogP contribution in [0, 0.1) is 0 Å². The number of halogens is 2. The maximum Gasteiger partial charge on any atom is 0.262 e. The first kappa shape index (κ1) is 22.5. The molecular formula is C25H22Cl2N4O4. The molecule has 3 unspecified atom stereocenters. The van der Waals surface area contributed by atoms with Crippen molar-refractivity contribution in [3.8, 4) is 0 Å². The van der Waals surface area contributed by atoms with Gasteiger partial charge in [-0.1, -0.05) is 35.3 Å². The van der Waals surface area contributed by atoms with Gasteiger partial charge in [0, 0.05) is 38.1 Å². The number of piperazine rings is 1. The fraction of sp³-hybridized carbons (Fsp3) is 0.360. The Morgan fingerprint density at radius 1 is 0.943 bits per heavy atom. The number of imide groups is 2. The minimum atomic E-state index is -0.956. The van der Waals surface area contributed by atoms with Gasteiger partial charge in [0.2, 0.25) is 11.8 Å². The van der Waals surface area contributed by atoms with Crippen molar-refractivity contribution in [1.29, 1.82) is 0 Å². The van der Waals surface area contributed by atoms with Crippen LogP contribution in [0.25, 0.3) is 0 Å². The van der Waals surface area contributed by atoms with Gasteiger partial charge in [0.1, 0.15) is 6.04 Å². The number of nitrogens with one attached hydrogen (secondary N) is 1. The van der Waals surface area contributed by atoms with E-state index in [-0.39, 0.29) is 18.7 Å². The van der Waals surface area contributed by atoms with Crippen molar-refractivity contribution in [3.63, 3.8) is 0 Å². The molecule has 35 heavy (non-hydrogen) atoms. The van der Waals surface area contributed by atoms with E-state index in [0.717, 1.165) is 35.7 Å². The first-order valence-corrected chi connectivity index (χ1v) is 12.4. The van der Waals surface area contributed by atoms with Crippen LogP contribution >= 0.6 is 23.2 Å². The van der Waals surface area contributed by atoms with Crippen LogP contribution in [0.2, 0.25) is 10.0 Å². The molecule has 10 heteroatoms. The van der Waals surface area contributed by atoms with Gasteiger partial charge < -0.3 is 4.90 Å². The number of amides is 4. The largest absolute Gasteiger partial charge is 0.362 e. The lowest BCUT2D eigenvalue weighted by molar-refractivity contribution is -0.136. The van der Waals surface area contributed by atoms with Crippen LogP contribution in [0.15, 0.2) is 36.4 Å². The summed E-state index contributed by atoms with van der Waals surface area (Å²) in [5.41, 5.74) is 2.51. The smallest absolute Gasteiger partial charge is 0.262 e. The van der Waals surface area contributed by atoms with Crippen molar-refractivity contribution < 1.29 is 19.2 Å². The molecule has 8 nitrogen and oxygen atoms in total. The van der Waals surface area contributed by atoms with E-state index in [9.17, 15) is 19.2 Å². The molecule has 4 saturated heterocycles. The van der Waals surface area contributed by atoms with Crippen molar-refractivity contribution in [3.05, 3.63) is 63.1 Å². The molecule has 7 rings (SSSR count). The minimum Gasteiger partial charge on any atom is -0.362 e. The summed E-state index contributed by atoms with van der Waals surface area (Å²) < 4.78 is 0. The summed E-state index contributed by atoms with van der Waals surface area (Å²) in [5, 5.41) is 3.35. The molecule has 0 aromatic heterocycles. The van der Waals surface area contributed by atoms with E-state index in [1.165, 1.54) is 0 Å². The van der Waals surface area contributed by atoms with Gasteiger partial charge in [-0.15, -0.1) is 0 Å². The molecule has 2 aromatic rings. The van der Waals surface area contributed by atoms with Gasteiger partial charge in [0.25, 0.3) is 11.8 Å². The summed E-state index contributed by atoms with van der Waals surface area (Å²) >= 11 is 12.7. The second kappa shape index (κ2) is 8.33. The number of rotatable bonds is 4. The highest BCUT2D eigenvalue weighted by molar-refractivity contribution is 6.43. The molecular weight excluding hydrogens is 491 g/mol. The third-order valence-corrected chi connectivity index (χ3v) is 8.20. The van der Waals surface area contributed by atoms with E-state index in [1.807, 2.05) is 18.2 Å². The van der Waals surface area contributed by atoms with E-state index in [1.54, 1.807) is 18.2 Å². The summed E-state index contributed by atoms with van der Waals surface area (Å²) in [6, 6.07) is 10.7. The van der Waals surface area contributed by atoms with Crippen LogP contribution in [0.4, 0.5) is 5.69 Å². The number of benzene rings is 2. The Morgan fingerprint density at radius 3 is 2.43 bits per heavy atom. The third-order valence-electron chi connectivity index (χ3n) is 7.39. The summed E-state index contributed by atoms with van der Waals surface area (Å²) in [4.78, 5) is 55.4. The van der Waals surface area contributed by atoms with Crippen molar-refractivity contribution in [2.45, 2.75) is 43.9 Å². The Bertz CT molecular complexity index is 1290. The molecule has 0 radical (unpaired) electrons. The lowest BCUT2D eigenvalue weighted by atomic mass is 9.86. The van der Waals surface area contributed by atoms with Crippen LogP contribution in [-0.2, 0) is 16.1 Å². The Labute approximate surface area is 211 Å². The van der Waals surface area contributed by atoms with Crippen LogP contribution in [0.1, 0.15) is 45.5 Å². The van der Waals surface area contributed by atoms with E-state index in [4.69, 9.17) is 23.2 Å². The van der Waals surface area contributed by atoms with E-state index in [2.05, 4.69) is 15.1 Å². The minimum absolute atomic E-state index is 0.101. The Hall–Kier alpha value is -2.94. The average molecular weight is 513 g/mol. The average Bonchev–Trinajstić information content (AvgIpc) is 3.06. The molecule has 3 atom stereocenters. The van der Waals surface area contributed by atoms with Gasteiger partial charge in [0.05, 0.1) is 26.9 Å². The number of anilines is 1. The van der Waals surface area contributed by atoms with Crippen LogP contribution in [-0.4, -0.2) is 64.6 Å². The van der Waals surface area contributed by atoms with Crippen LogP contribution < -0.4 is 10.2 Å². The zero-order chi connectivity index (χ0) is 24.4. The van der Waals surface area contributed by atoms with Gasteiger partial charge in [-0.3, -0.25) is 34.3 Å². The van der Waals surface area contributed by atoms with Crippen LogP contribution in [0.5, 0.6) is 0 Å². The monoisotopic (exact) mass is 512 g/mol. The number of piperidine rings is 2. The normalized spacial score (nSPS) is 26.1. The molecule has 1 N–H and O–H groups in total. The van der Waals surface area contributed by atoms with Gasteiger partial charge in [-0.2, -0.15) is 0 Å². The first-order chi connectivity index (χ1) is 16.8. The quantitative estimate of drug-likeness (QED) is 0.633. The number of carbonyl (C=O) groups excluding carboxylic acids is 4. The molecule has 2 bridgehead atoms. The lowest BCUT2D eigenvalue weighted by Gasteiger charge is -2.58. The standard InChI is InChI=1S/C25H22Cl2N4O4/c26-18-2-1-3-19(22(18)27)30-14-9-15(30)12-29(11-14)10-13-4-5-16-17(8-13)25(35)31(24(16)34)20-6-7-21(32)28-23(20)33/h1-5,8,14-15,20H,6-7,9-12H2,(H,28,32,33). The van der Waals surface area contributed by atoms with E-state index < -0.39 is 23.8 Å². The molecule has 0 saturated carbocycles. The first-order valence-electron chi connectivity index (χ1n) is 11.6. The zero-order valence-corrected chi connectivity index (χ0v) is 20.2. The Balaban J connectivity index is 1.16. The lowest BCUT2D eigenvalue weighted by Crippen LogP contribution is -2.68. The predicted molar refractivity (Wildman–Crippen MR) is 130 cm³/mol. The SMILES string of the molecule is O=C1CCC(N2C(=O)c3ccc(CN4CC5CC(C4)N5c4cccc(Cl)c4Cl)cc3C2=O)C(=O)N1. The van der Waals surface area contributed by atoms with Gasteiger partial charge >= 0.3 is 0 Å². The van der Waals surface area contributed by atoms with Crippen molar-refractivity contribution in [2.75, 3.05) is 18.0 Å². The number of hydrogen-bond acceptors (Lipinski definition) is 6. The molecule has 5 aliphatic rings. The van der Waals surface area contributed by atoms with E-state index in [0.29, 0.717) is 39.8 Å². The highest BCUT2D eigenvalue weighted by Gasteiger charge is 2.46. The van der Waals surface area contributed by atoms with Crippen molar-refractivity contribution >= 4 is 52.5 Å². The fourth-order valence-electron chi connectivity index (χ4n) is 5.79. The van der Waals surface area contributed by atoms with Gasteiger partial charge in [0.15, 0.2) is 0 Å². The molecule has 180 valence electrons. The highest BCUT2D eigenvalue weighted by Crippen LogP contribution is 2.42. The maximum absolute atomic E-state index is 13.1. The summed E-state index contributed by atoms with van der Waals surface area (Å²) in [5.74, 6) is -1.96. The maximum atomic E-state index is 13.1. The summed E-state index contributed by atoms with van der Waals surface area (Å²) in [7, 11) is 0. The summed E-state index contributed by atoms with van der Waals surface area (Å²) in [6.07, 6.45) is 1.34. The number of nitrogens with zero attached hydrogens (tertiary/aromatic N) is 3. The zero-order valence-electron chi connectivity index (χ0n) is 18.7. The Morgan fingerprint density at radius 2 is 1.69 bits per heavy atom. The molecule has 0 aliphatic carbocycles. The second-order valence-corrected chi connectivity index (χ2v) is 10.3. The van der Waals surface area contributed by atoms with Crippen molar-refractivity contribution in [2.24, 2.45) is 0 Å². The third kappa shape index (κ3) is 3.63. The molecule has 2 aromatic carbocycles. The van der Waals surface area contributed by atoms with Crippen molar-refractivity contribution in [1.82, 2.24) is 15.1 Å². The Kier molecular flexibility index (Phi) is 5.36. The fourth-order valence-corrected chi connectivity index (χ4v) is 6.18. The second-order valence-electron chi connectivity index (χ2n) is 9.54. The van der Waals surface area contributed by atoms with Gasteiger partial charge in [-0.05, 0) is 42.7 Å². The summed E-state index contributed by atoms with van der Waals surface area (Å²) in [6.45, 7) is 2.36. The number of hydrogen-bond donors (Lipinski definition) is 1. The topological polar surface area (TPSA) is 90.0 Å². The predicted octanol–water partition coefficient (Wildman–Crippen LogP) is 2.86.